The molecule has 0 spiro atoms. The van der Waals surface area contributed by atoms with Gasteiger partial charge in [0.2, 0.25) is 5.78 Å². The monoisotopic (exact) mass is 357 g/mol. The quantitative estimate of drug-likeness (QED) is 0.766. The molecule has 0 bridgehead atoms. The highest BCUT2D eigenvalue weighted by atomic mass is 16.5. The lowest BCUT2D eigenvalue weighted by Crippen LogP contribution is -2.34. The summed E-state index contributed by atoms with van der Waals surface area (Å²) in [5.41, 5.74) is 0.559. The Morgan fingerprint density at radius 1 is 1.23 bits per heavy atom. The van der Waals surface area contributed by atoms with Crippen LogP contribution in [0.4, 0.5) is 0 Å². The molecule has 0 aliphatic carbocycles. The fourth-order valence-electron chi connectivity index (χ4n) is 3.06. The van der Waals surface area contributed by atoms with Crippen molar-refractivity contribution in [2.45, 2.75) is 6.04 Å². The standard InChI is InChI=1S/C19H19NO6/c1-24-11-9-20-16(12-6-3-4-7-13(12)25-2)15(18(22)19(20)23)17(21)14-8-5-10-26-14/h3-8,10,16,22H,9,11H2,1-2H3/t16-/m0/s1. The molecule has 0 saturated heterocycles. The number of hydrogen-bond acceptors (Lipinski definition) is 6. The zero-order valence-corrected chi connectivity index (χ0v) is 14.5. The molecule has 1 aromatic carbocycles. The van der Waals surface area contributed by atoms with E-state index in [1.54, 1.807) is 30.3 Å². The number of carbonyl (C=O) groups is 2. The third kappa shape index (κ3) is 2.97. The van der Waals surface area contributed by atoms with E-state index in [1.165, 1.54) is 31.4 Å². The van der Waals surface area contributed by atoms with Gasteiger partial charge >= 0.3 is 0 Å². The minimum atomic E-state index is -0.800. The van der Waals surface area contributed by atoms with Gasteiger partial charge in [0.1, 0.15) is 5.75 Å². The zero-order chi connectivity index (χ0) is 18.7. The van der Waals surface area contributed by atoms with E-state index in [0.29, 0.717) is 11.3 Å². The van der Waals surface area contributed by atoms with Crippen molar-refractivity contribution in [1.29, 1.82) is 0 Å². The maximum atomic E-state index is 12.9. The molecule has 2 aromatic rings. The molecular weight excluding hydrogens is 338 g/mol. The number of carbonyl (C=O) groups excluding carboxylic acids is 2. The average Bonchev–Trinajstić information content (AvgIpc) is 3.28. The molecule has 1 aliphatic heterocycles. The number of methoxy groups -OCH3 is 2. The van der Waals surface area contributed by atoms with Crippen LogP contribution in [0.5, 0.6) is 5.75 Å². The molecule has 7 nitrogen and oxygen atoms in total. The second kappa shape index (κ2) is 7.45. The summed E-state index contributed by atoms with van der Waals surface area (Å²) in [6.45, 7) is 0.462. The lowest BCUT2D eigenvalue weighted by molar-refractivity contribution is -0.130. The predicted octanol–water partition coefficient (Wildman–Crippen LogP) is 2.51. The predicted molar refractivity (Wildman–Crippen MR) is 92.0 cm³/mol. The summed E-state index contributed by atoms with van der Waals surface area (Å²) in [7, 11) is 3.02. The van der Waals surface area contributed by atoms with Crippen LogP contribution >= 0.6 is 0 Å². The summed E-state index contributed by atoms with van der Waals surface area (Å²) in [5, 5.41) is 10.4. The number of ether oxygens (including phenoxy) is 2. The van der Waals surface area contributed by atoms with Gasteiger partial charge in [0.15, 0.2) is 11.5 Å². The fraction of sp³-hybridized carbons (Fsp3) is 0.263. The Balaban J connectivity index is 2.12. The van der Waals surface area contributed by atoms with Gasteiger partial charge in [0, 0.05) is 19.2 Å². The zero-order valence-electron chi connectivity index (χ0n) is 14.5. The molecule has 1 atom stereocenters. The highest BCUT2D eigenvalue weighted by molar-refractivity contribution is 6.15. The van der Waals surface area contributed by atoms with Crippen LogP contribution < -0.4 is 4.74 Å². The number of furan rings is 1. The van der Waals surface area contributed by atoms with Gasteiger partial charge in [-0.1, -0.05) is 18.2 Å². The Morgan fingerprint density at radius 2 is 2.00 bits per heavy atom. The second-order valence-corrected chi connectivity index (χ2v) is 5.70. The Labute approximate surface area is 150 Å². The molecule has 2 heterocycles. The minimum absolute atomic E-state index is 0.0365. The number of benzene rings is 1. The number of para-hydroxylation sites is 1. The SMILES string of the molecule is COCCN1C(=O)C(O)=C(C(=O)c2ccco2)[C@@H]1c1ccccc1OC. The lowest BCUT2D eigenvalue weighted by Gasteiger charge is -2.27. The van der Waals surface area contributed by atoms with Crippen molar-refractivity contribution < 1.29 is 28.6 Å². The molecule has 0 unspecified atom stereocenters. The van der Waals surface area contributed by atoms with Crippen LogP contribution in [0.3, 0.4) is 0 Å². The summed E-state index contributed by atoms with van der Waals surface area (Å²) in [4.78, 5) is 26.9. The number of aliphatic hydroxyl groups excluding tert-OH is 1. The van der Waals surface area contributed by atoms with Crippen LogP contribution in [-0.4, -0.2) is 49.1 Å². The maximum Gasteiger partial charge on any atom is 0.290 e. The van der Waals surface area contributed by atoms with Crippen molar-refractivity contribution in [3.63, 3.8) is 0 Å². The number of amides is 1. The molecule has 0 radical (unpaired) electrons. The summed E-state index contributed by atoms with van der Waals surface area (Å²) < 4.78 is 15.6. The first kappa shape index (κ1) is 17.8. The van der Waals surface area contributed by atoms with E-state index in [9.17, 15) is 14.7 Å². The Morgan fingerprint density at radius 3 is 2.65 bits per heavy atom. The number of hydrogen-bond donors (Lipinski definition) is 1. The van der Waals surface area contributed by atoms with Crippen LogP contribution in [0, 0.1) is 0 Å². The van der Waals surface area contributed by atoms with Gasteiger partial charge in [-0.15, -0.1) is 0 Å². The van der Waals surface area contributed by atoms with Crippen molar-refractivity contribution >= 4 is 11.7 Å². The number of nitrogens with zero attached hydrogens (tertiary/aromatic N) is 1. The van der Waals surface area contributed by atoms with E-state index in [-0.39, 0.29) is 24.5 Å². The molecule has 7 heteroatoms. The molecule has 0 fully saturated rings. The third-order valence-corrected chi connectivity index (χ3v) is 4.26. The van der Waals surface area contributed by atoms with Crippen LogP contribution in [0.2, 0.25) is 0 Å². The van der Waals surface area contributed by atoms with Crippen LogP contribution in [0.1, 0.15) is 22.2 Å². The minimum Gasteiger partial charge on any atom is -0.503 e. The fourth-order valence-corrected chi connectivity index (χ4v) is 3.06. The normalized spacial score (nSPS) is 17.1. The van der Waals surface area contributed by atoms with E-state index < -0.39 is 23.5 Å². The van der Waals surface area contributed by atoms with E-state index >= 15 is 0 Å². The Hall–Kier alpha value is -3.06. The first-order valence-corrected chi connectivity index (χ1v) is 8.04. The van der Waals surface area contributed by atoms with Crippen LogP contribution in [0.15, 0.2) is 58.4 Å². The molecule has 1 aromatic heterocycles. The molecule has 1 aliphatic rings. The number of Topliss-reactive ketones (excluding diaryl/α,β-unsaturated/α-hetero) is 1. The first-order valence-electron chi connectivity index (χ1n) is 8.04. The van der Waals surface area contributed by atoms with E-state index in [4.69, 9.17) is 13.9 Å². The van der Waals surface area contributed by atoms with Gasteiger partial charge in [-0.2, -0.15) is 0 Å². The molecular formula is C19H19NO6. The number of ketones is 1. The molecule has 136 valence electrons. The molecule has 1 amide bonds. The average molecular weight is 357 g/mol. The number of aliphatic hydroxyl groups is 1. The molecule has 26 heavy (non-hydrogen) atoms. The van der Waals surface area contributed by atoms with Gasteiger partial charge < -0.3 is 23.9 Å². The van der Waals surface area contributed by atoms with Gasteiger partial charge in [0.05, 0.1) is 31.6 Å². The molecule has 3 rings (SSSR count). The summed E-state index contributed by atoms with van der Waals surface area (Å²) in [6.07, 6.45) is 1.36. The van der Waals surface area contributed by atoms with Crippen LogP contribution in [0.25, 0.3) is 0 Å². The molecule has 1 N–H and O–H groups in total. The summed E-state index contributed by atoms with van der Waals surface area (Å²) >= 11 is 0. The second-order valence-electron chi connectivity index (χ2n) is 5.70. The highest BCUT2D eigenvalue weighted by Crippen LogP contribution is 2.42. The van der Waals surface area contributed by atoms with Crippen molar-refractivity contribution in [1.82, 2.24) is 4.90 Å². The summed E-state index contributed by atoms with van der Waals surface area (Å²) in [6, 6.07) is 9.32. The van der Waals surface area contributed by atoms with Crippen molar-refractivity contribution in [2.75, 3.05) is 27.4 Å². The van der Waals surface area contributed by atoms with E-state index in [1.807, 2.05) is 0 Å². The summed E-state index contributed by atoms with van der Waals surface area (Å²) in [5.74, 6) is -1.21. The smallest absolute Gasteiger partial charge is 0.290 e. The third-order valence-electron chi connectivity index (χ3n) is 4.26. The van der Waals surface area contributed by atoms with Gasteiger partial charge in [-0.05, 0) is 18.2 Å². The Bertz CT molecular complexity index is 839. The van der Waals surface area contributed by atoms with Crippen molar-refractivity contribution in [3.05, 3.63) is 65.3 Å². The van der Waals surface area contributed by atoms with Crippen molar-refractivity contribution in [3.8, 4) is 5.75 Å². The first-order chi connectivity index (χ1) is 12.6. The molecule has 0 saturated carbocycles. The van der Waals surface area contributed by atoms with E-state index in [0.717, 1.165) is 0 Å². The maximum absolute atomic E-state index is 12.9. The van der Waals surface area contributed by atoms with Gasteiger partial charge in [-0.3, -0.25) is 9.59 Å². The van der Waals surface area contributed by atoms with Crippen molar-refractivity contribution in [2.24, 2.45) is 0 Å². The number of rotatable bonds is 7. The van der Waals surface area contributed by atoms with Crippen LogP contribution in [-0.2, 0) is 9.53 Å². The highest BCUT2D eigenvalue weighted by Gasteiger charge is 2.45. The largest absolute Gasteiger partial charge is 0.503 e. The topological polar surface area (TPSA) is 89.2 Å². The van der Waals surface area contributed by atoms with Gasteiger partial charge in [-0.25, -0.2) is 0 Å². The van der Waals surface area contributed by atoms with E-state index in [2.05, 4.69) is 0 Å². The van der Waals surface area contributed by atoms with Gasteiger partial charge in [0.25, 0.3) is 5.91 Å². The lowest BCUT2D eigenvalue weighted by atomic mass is 9.94. The Kier molecular flexibility index (Phi) is 5.09.